The molecule has 3 N–H and O–H groups in total. The van der Waals surface area contributed by atoms with Gasteiger partial charge in [-0.05, 0) is 79.6 Å². The summed E-state index contributed by atoms with van der Waals surface area (Å²) in [7, 11) is 1.69. The van der Waals surface area contributed by atoms with E-state index in [9.17, 15) is 14.7 Å². The second-order valence-corrected chi connectivity index (χ2v) is 10.4. The first kappa shape index (κ1) is 20.6. The third-order valence-electron chi connectivity index (χ3n) is 8.93. The Morgan fingerprint density at radius 1 is 1.10 bits per heavy atom. The molecule has 4 fully saturated rings. The van der Waals surface area contributed by atoms with Crippen molar-refractivity contribution in [2.45, 2.75) is 71.3 Å². The summed E-state index contributed by atoms with van der Waals surface area (Å²) in [5.74, 6) is 2.66. The zero-order chi connectivity index (χ0) is 21.0. The molecule has 5 aliphatic rings. The van der Waals surface area contributed by atoms with Crippen LogP contribution in [0, 0.1) is 34.0 Å². The second-order valence-electron chi connectivity index (χ2n) is 10.4. The number of nitrogens with zero attached hydrogens (tertiary/aromatic N) is 1. The van der Waals surface area contributed by atoms with Crippen molar-refractivity contribution in [3.8, 4) is 0 Å². The Balaban J connectivity index is 0.000000216. The third kappa shape index (κ3) is 3.33. The van der Waals surface area contributed by atoms with Crippen LogP contribution in [0.1, 0.15) is 65.2 Å². The summed E-state index contributed by atoms with van der Waals surface area (Å²) in [6.07, 6.45) is 10.7. The van der Waals surface area contributed by atoms with Gasteiger partial charge >= 0.3 is 0 Å². The van der Waals surface area contributed by atoms with Gasteiger partial charge in [0.2, 0.25) is 5.91 Å². The summed E-state index contributed by atoms with van der Waals surface area (Å²) >= 11 is 0. The summed E-state index contributed by atoms with van der Waals surface area (Å²) < 4.78 is 0. The van der Waals surface area contributed by atoms with E-state index >= 15 is 0 Å². The maximum absolute atomic E-state index is 11.8. The van der Waals surface area contributed by atoms with Gasteiger partial charge in [-0.2, -0.15) is 0 Å². The molecule has 29 heavy (non-hydrogen) atoms. The molecule has 160 valence electrons. The first-order chi connectivity index (χ1) is 13.6. The first-order valence-corrected chi connectivity index (χ1v) is 11.2. The number of amides is 1. The van der Waals surface area contributed by atoms with Crippen LogP contribution in [0.15, 0.2) is 11.6 Å². The maximum Gasteiger partial charge on any atom is 0.246 e. The van der Waals surface area contributed by atoms with Crippen LogP contribution in [0.4, 0.5) is 0 Å². The van der Waals surface area contributed by atoms with E-state index in [0.29, 0.717) is 18.2 Å². The summed E-state index contributed by atoms with van der Waals surface area (Å²) in [6, 6.07) is 0. The van der Waals surface area contributed by atoms with Crippen LogP contribution in [0.25, 0.3) is 0 Å². The Hall–Kier alpha value is -1.69. The number of hydrogen-bond donors (Lipinski definition) is 3. The van der Waals surface area contributed by atoms with E-state index < -0.39 is 0 Å². The van der Waals surface area contributed by atoms with E-state index in [1.54, 1.807) is 11.9 Å². The van der Waals surface area contributed by atoms with Crippen LogP contribution < -0.4 is 5.32 Å². The van der Waals surface area contributed by atoms with Crippen molar-refractivity contribution < 1.29 is 14.7 Å². The number of allylic oxidation sites excluding steroid dienone is 1. The number of rotatable bonds is 0. The minimum atomic E-state index is -0.0995. The van der Waals surface area contributed by atoms with E-state index in [4.69, 9.17) is 5.41 Å². The molecule has 1 amide bonds. The zero-order valence-electron chi connectivity index (χ0n) is 18.0. The zero-order valence-corrected chi connectivity index (χ0v) is 18.0. The Morgan fingerprint density at radius 3 is 2.48 bits per heavy atom. The lowest BCUT2D eigenvalue weighted by molar-refractivity contribution is -0.118. The summed E-state index contributed by atoms with van der Waals surface area (Å²) in [6.45, 7) is 5.08. The molecule has 0 radical (unpaired) electrons. The van der Waals surface area contributed by atoms with Crippen LogP contribution in [-0.2, 0) is 9.59 Å². The minimum Gasteiger partial charge on any atom is -0.393 e. The van der Waals surface area contributed by atoms with E-state index in [1.807, 2.05) is 6.08 Å². The monoisotopic (exact) mass is 401 g/mol. The molecule has 1 saturated heterocycles. The molecular weight excluding hydrogens is 366 g/mol. The number of hydrogen-bond acceptors (Lipinski definition) is 4. The number of carbonyl (C=O) groups is 2. The van der Waals surface area contributed by atoms with Gasteiger partial charge in [-0.1, -0.05) is 19.4 Å². The lowest BCUT2D eigenvalue weighted by atomic mass is 9.47. The fourth-order valence-corrected chi connectivity index (χ4v) is 7.09. The average Bonchev–Trinajstić information content (AvgIpc) is 3.13. The van der Waals surface area contributed by atoms with Gasteiger partial charge in [0.25, 0.3) is 0 Å². The number of guanidine groups is 1. The van der Waals surface area contributed by atoms with Gasteiger partial charge in [0, 0.05) is 13.5 Å². The fraction of sp³-hybridized carbons (Fsp3) is 0.783. The van der Waals surface area contributed by atoms with Gasteiger partial charge in [0.15, 0.2) is 11.7 Å². The largest absolute Gasteiger partial charge is 0.393 e. The lowest BCUT2D eigenvalue weighted by Crippen LogP contribution is -2.51. The van der Waals surface area contributed by atoms with Crippen molar-refractivity contribution in [2.24, 2.45) is 28.6 Å². The van der Waals surface area contributed by atoms with Crippen molar-refractivity contribution in [1.82, 2.24) is 10.2 Å². The molecule has 0 unspecified atom stereocenters. The molecule has 0 aromatic rings. The van der Waals surface area contributed by atoms with E-state index in [0.717, 1.165) is 37.5 Å². The van der Waals surface area contributed by atoms with Gasteiger partial charge < -0.3 is 10.0 Å². The SMILES string of the molecule is CN1CC(=O)NC1=N.C[C@]12CC[C@H]3[C@@H](CCC4=CC(=O)CC[C@@]43C)[C@@H]1CC[C@@H]2O. The number of aliphatic hydroxyl groups is 1. The van der Waals surface area contributed by atoms with Gasteiger partial charge in [-0.15, -0.1) is 0 Å². The molecule has 0 spiro atoms. The summed E-state index contributed by atoms with van der Waals surface area (Å²) in [5, 5.41) is 19.8. The van der Waals surface area contributed by atoms with E-state index in [1.165, 1.54) is 31.3 Å². The first-order valence-electron chi connectivity index (χ1n) is 11.2. The average molecular weight is 402 g/mol. The van der Waals surface area contributed by atoms with Crippen molar-refractivity contribution in [1.29, 1.82) is 5.41 Å². The Labute approximate surface area is 173 Å². The normalized spacial score (nSPS) is 43.5. The molecular formula is C23H35N3O3. The highest BCUT2D eigenvalue weighted by molar-refractivity contribution is 6.02. The van der Waals surface area contributed by atoms with Crippen LogP contribution in [0.2, 0.25) is 0 Å². The summed E-state index contributed by atoms with van der Waals surface area (Å²) in [5.41, 5.74) is 1.89. The second kappa shape index (κ2) is 7.22. The molecule has 1 aliphatic heterocycles. The molecule has 0 aromatic carbocycles. The standard InChI is InChI=1S/C19H28O2.C4H7N3O/c1-18-9-7-13(20)11-12(18)3-4-14-15-5-6-17(21)19(15,2)10-8-16(14)18;1-7-2-3(8)6-4(7)5/h11,14-17,21H,3-10H2,1-2H3;2H2,1H3,(H2,5,6,8)/t14-,15-,16-,17-,18-,19-;/m0./s1. The lowest BCUT2D eigenvalue weighted by Gasteiger charge is -2.57. The molecule has 4 aliphatic carbocycles. The number of nitrogens with one attached hydrogen (secondary N) is 2. The number of aliphatic hydroxyl groups excluding tert-OH is 1. The van der Waals surface area contributed by atoms with Crippen LogP contribution in [0.5, 0.6) is 0 Å². The van der Waals surface area contributed by atoms with Gasteiger partial charge in [-0.25, -0.2) is 0 Å². The van der Waals surface area contributed by atoms with E-state index in [-0.39, 0.29) is 28.8 Å². The van der Waals surface area contributed by atoms with Crippen molar-refractivity contribution in [3.63, 3.8) is 0 Å². The molecule has 6 atom stereocenters. The molecule has 0 aromatic heterocycles. The molecule has 6 nitrogen and oxygen atoms in total. The molecule has 3 saturated carbocycles. The predicted octanol–water partition coefficient (Wildman–Crippen LogP) is 2.86. The number of ketones is 1. The topological polar surface area (TPSA) is 93.5 Å². The van der Waals surface area contributed by atoms with E-state index in [2.05, 4.69) is 19.2 Å². The van der Waals surface area contributed by atoms with Crippen LogP contribution in [0.3, 0.4) is 0 Å². The molecule has 5 rings (SSSR count). The van der Waals surface area contributed by atoms with Gasteiger partial charge in [-0.3, -0.25) is 20.3 Å². The highest BCUT2D eigenvalue weighted by Gasteiger charge is 2.58. The molecule has 0 bridgehead atoms. The molecule has 1 heterocycles. The fourth-order valence-electron chi connectivity index (χ4n) is 7.09. The van der Waals surface area contributed by atoms with Crippen LogP contribution >= 0.6 is 0 Å². The number of likely N-dealkylation sites (N-methyl/N-ethyl adjacent to an activating group) is 1. The number of fused-ring (bicyclic) bond motifs is 5. The van der Waals surface area contributed by atoms with Crippen molar-refractivity contribution in [2.75, 3.05) is 13.6 Å². The third-order valence-corrected chi connectivity index (χ3v) is 8.93. The maximum atomic E-state index is 11.8. The highest BCUT2D eigenvalue weighted by atomic mass is 16.3. The van der Waals surface area contributed by atoms with Gasteiger partial charge in [0.05, 0.1) is 12.6 Å². The Bertz CT molecular complexity index is 762. The minimum absolute atomic E-state index is 0.0823. The Kier molecular flexibility index (Phi) is 5.12. The predicted molar refractivity (Wildman–Crippen MR) is 111 cm³/mol. The van der Waals surface area contributed by atoms with Gasteiger partial charge in [0.1, 0.15) is 0 Å². The molecule has 6 heteroatoms. The highest BCUT2D eigenvalue weighted by Crippen LogP contribution is 2.65. The van der Waals surface area contributed by atoms with Crippen molar-refractivity contribution >= 4 is 17.6 Å². The quantitative estimate of drug-likeness (QED) is 0.582. The number of carbonyl (C=O) groups excluding carboxylic acids is 2. The smallest absolute Gasteiger partial charge is 0.246 e. The Morgan fingerprint density at radius 2 is 1.86 bits per heavy atom. The summed E-state index contributed by atoms with van der Waals surface area (Å²) in [4.78, 5) is 23.7. The van der Waals surface area contributed by atoms with Crippen molar-refractivity contribution in [3.05, 3.63) is 11.6 Å². The van der Waals surface area contributed by atoms with Crippen LogP contribution in [-0.4, -0.2) is 47.4 Å².